The first-order valence-corrected chi connectivity index (χ1v) is 7.93. The van der Waals surface area contributed by atoms with Crippen LogP contribution in [0, 0.1) is 0 Å². The summed E-state index contributed by atoms with van der Waals surface area (Å²) in [5.41, 5.74) is 7.01. The van der Waals surface area contributed by atoms with Crippen molar-refractivity contribution < 1.29 is 34.3 Å². The third-order valence-corrected chi connectivity index (χ3v) is 3.69. The van der Waals surface area contributed by atoms with E-state index < -0.39 is 10.4 Å². The van der Waals surface area contributed by atoms with Crippen molar-refractivity contribution in [3.63, 3.8) is 0 Å². The molecule has 127 valence electrons. The van der Waals surface area contributed by atoms with Crippen molar-refractivity contribution in [1.82, 2.24) is 9.97 Å². The Morgan fingerprint density at radius 2 is 1.57 bits per heavy atom. The van der Waals surface area contributed by atoms with Crippen molar-refractivity contribution in [2.24, 2.45) is 0 Å². The van der Waals surface area contributed by atoms with Crippen molar-refractivity contribution in [2.75, 3.05) is 5.73 Å². The van der Waals surface area contributed by atoms with E-state index in [1.165, 1.54) is 0 Å². The fourth-order valence-electron chi connectivity index (χ4n) is 1.23. The molecule has 0 unspecified atom stereocenters. The molecule has 0 amide bonds. The van der Waals surface area contributed by atoms with Crippen LogP contribution in [0.3, 0.4) is 0 Å². The van der Waals surface area contributed by atoms with Crippen LogP contribution >= 0.6 is 46.4 Å². The molecule has 0 spiro atoms. The average Bonchev–Trinajstić information content (AvgIpc) is 2.38. The maximum absolute atomic E-state index is 8.52. The summed E-state index contributed by atoms with van der Waals surface area (Å²) in [7, 11) is -5.17. The number of hydrogen-bond donors (Lipinski definition) is 1. The molecule has 2 heterocycles. The summed E-state index contributed by atoms with van der Waals surface area (Å²) in [4.78, 5) is 8.14. The second kappa shape index (κ2) is 9.21. The van der Waals surface area contributed by atoms with Crippen LogP contribution in [0.25, 0.3) is 11.4 Å². The molecule has 0 fully saturated rings. The van der Waals surface area contributed by atoms with Gasteiger partial charge < -0.3 is 14.8 Å². The summed E-state index contributed by atoms with van der Waals surface area (Å²) in [6.07, 6.45) is 1.54. The standard InChI is InChI=1S/C10H5Cl4N3.Co.H2O4S/c11-6-7(12)9(17-10(14)8(6)13)5-3-4(15)1-2-16-5;;1-5(2,3)4/h1-3H,(H2,15,16);;(H2,1,2,3,4)/q;+2;/p-2. The fourth-order valence-corrected chi connectivity index (χ4v) is 2.06. The van der Waals surface area contributed by atoms with Gasteiger partial charge in [-0.25, -0.2) is 4.98 Å². The van der Waals surface area contributed by atoms with E-state index in [2.05, 4.69) is 9.97 Å². The minimum Gasteiger partial charge on any atom is -0.759 e. The van der Waals surface area contributed by atoms with E-state index in [0.717, 1.165) is 0 Å². The molecular formula is C10H5Cl4CoN3O4S. The zero-order valence-corrected chi connectivity index (χ0v) is 15.5. The molecule has 23 heavy (non-hydrogen) atoms. The second-order valence-corrected chi connectivity index (χ2v) is 5.88. The van der Waals surface area contributed by atoms with Crippen LogP contribution < -0.4 is 5.73 Å². The summed E-state index contributed by atoms with van der Waals surface area (Å²) < 4.78 is 34.1. The van der Waals surface area contributed by atoms with Gasteiger partial charge in [0.1, 0.15) is 10.8 Å². The SMILES string of the molecule is Nc1ccnc(-c2nc(Cl)c(Cl)c(Cl)c2Cl)c1.O=S(=O)([O-])[O-].[Co+2]. The molecule has 0 saturated heterocycles. The van der Waals surface area contributed by atoms with Crippen LogP contribution in [0.1, 0.15) is 0 Å². The van der Waals surface area contributed by atoms with Gasteiger partial charge in [-0.2, -0.15) is 0 Å². The largest absolute Gasteiger partial charge is 2.00 e. The number of aromatic nitrogens is 2. The third-order valence-electron chi connectivity index (χ3n) is 2.01. The van der Waals surface area contributed by atoms with Crippen LogP contribution in [-0.4, -0.2) is 27.5 Å². The van der Waals surface area contributed by atoms with Gasteiger partial charge in [-0.1, -0.05) is 46.4 Å². The van der Waals surface area contributed by atoms with E-state index in [1.807, 2.05) is 0 Å². The van der Waals surface area contributed by atoms with Crippen LogP contribution in [0.15, 0.2) is 18.3 Å². The Labute approximate surface area is 161 Å². The van der Waals surface area contributed by atoms with Gasteiger partial charge in [-0.05, 0) is 12.1 Å². The number of nitrogens with zero attached hydrogens (tertiary/aromatic N) is 2. The minimum absolute atomic E-state index is 0. The van der Waals surface area contributed by atoms with E-state index >= 15 is 0 Å². The van der Waals surface area contributed by atoms with E-state index in [4.69, 9.17) is 69.7 Å². The van der Waals surface area contributed by atoms with Gasteiger partial charge in [-0.3, -0.25) is 13.4 Å². The molecule has 7 nitrogen and oxygen atoms in total. The number of rotatable bonds is 1. The zero-order chi connectivity index (χ0) is 17.1. The number of pyridine rings is 2. The van der Waals surface area contributed by atoms with Gasteiger partial charge in [0.15, 0.2) is 0 Å². The van der Waals surface area contributed by atoms with Crippen molar-refractivity contribution in [1.29, 1.82) is 0 Å². The van der Waals surface area contributed by atoms with Gasteiger partial charge >= 0.3 is 16.8 Å². The predicted octanol–water partition coefficient (Wildman–Crippen LogP) is 3.00. The maximum Gasteiger partial charge on any atom is 2.00 e. The molecule has 0 atom stereocenters. The van der Waals surface area contributed by atoms with E-state index in [-0.39, 0.29) is 37.0 Å². The zero-order valence-electron chi connectivity index (χ0n) is 10.6. The molecule has 0 saturated carbocycles. The predicted molar refractivity (Wildman–Crippen MR) is 82.4 cm³/mol. The first-order chi connectivity index (χ1) is 10.0. The van der Waals surface area contributed by atoms with Crippen LogP contribution in [-0.2, 0) is 27.2 Å². The molecule has 1 radical (unpaired) electrons. The first kappa shape index (κ1) is 22.6. The molecule has 0 bridgehead atoms. The van der Waals surface area contributed by atoms with Crippen molar-refractivity contribution in [2.45, 2.75) is 0 Å². The Hall–Kier alpha value is -0.364. The van der Waals surface area contributed by atoms with Gasteiger partial charge in [0, 0.05) is 22.3 Å². The van der Waals surface area contributed by atoms with E-state index in [0.29, 0.717) is 17.1 Å². The second-order valence-electron chi connectivity index (χ2n) is 3.58. The molecule has 2 N–H and O–H groups in total. The molecule has 0 aliphatic rings. The topological polar surface area (TPSA) is 132 Å². The molecule has 13 heteroatoms. The van der Waals surface area contributed by atoms with Crippen LogP contribution in [0.4, 0.5) is 5.69 Å². The first-order valence-electron chi connectivity index (χ1n) is 5.09. The third kappa shape index (κ3) is 7.37. The molecule has 2 aromatic rings. The van der Waals surface area contributed by atoms with E-state index in [9.17, 15) is 0 Å². The summed E-state index contributed by atoms with van der Waals surface area (Å²) >= 11 is 23.6. The van der Waals surface area contributed by atoms with Crippen molar-refractivity contribution >= 4 is 62.5 Å². The summed E-state index contributed by atoms with van der Waals surface area (Å²) in [6, 6.07) is 3.27. The molecule has 2 aromatic heterocycles. The molecule has 0 aliphatic carbocycles. The smallest absolute Gasteiger partial charge is 0.759 e. The minimum atomic E-state index is -5.17. The summed E-state index contributed by atoms with van der Waals surface area (Å²) in [6.45, 7) is 0. The molecule has 0 aromatic carbocycles. The van der Waals surface area contributed by atoms with Gasteiger partial charge in [0.05, 0.1) is 20.8 Å². The van der Waals surface area contributed by atoms with Gasteiger partial charge in [0.25, 0.3) is 0 Å². The maximum atomic E-state index is 8.52. The van der Waals surface area contributed by atoms with Crippen molar-refractivity contribution in [3.05, 3.63) is 38.6 Å². The van der Waals surface area contributed by atoms with Crippen LogP contribution in [0.2, 0.25) is 20.2 Å². The number of anilines is 1. The molecule has 0 aliphatic heterocycles. The quantitative estimate of drug-likeness (QED) is 0.390. The summed E-state index contributed by atoms with van der Waals surface area (Å²) in [5.74, 6) is 0. The Balaban J connectivity index is 0.000000709. The van der Waals surface area contributed by atoms with Gasteiger partial charge in [0.2, 0.25) is 0 Å². The monoisotopic (exact) mass is 462 g/mol. The average molecular weight is 464 g/mol. The number of halogens is 4. The molecule has 2 rings (SSSR count). The van der Waals surface area contributed by atoms with E-state index in [1.54, 1.807) is 18.3 Å². The van der Waals surface area contributed by atoms with Crippen molar-refractivity contribution in [3.8, 4) is 11.4 Å². The van der Waals surface area contributed by atoms with Crippen LogP contribution in [0.5, 0.6) is 0 Å². The van der Waals surface area contributed by atoms with Gasteiger partial charge in [-0.15, -0.1) is 0 Å². The number of nitrogen functional groups attached to an aromatic ring is 1. The summed E-state index contributed by atoms with van der Waals surface area (Å²) in [5, 5.41) is 0.526. The molecular weight excluding hydrogens is 459 g/mol. The normalized spacial score (nSPS) is 10.3. The Bertz CT molecular complexity index is 799. The Morgan fingerprint density at radius 1 is 1.04 bits per heavy atom. The number of hydrogen-bond acceptors (Lipinski definition) is 7. The number of nitrogens with two attached hydrogens (primary N) is 1. The Morgan fingerprint density at radius 3 is 2.04 bits per heavy atom. The Kier molecular flexibility index (Phi) is 9.06. The fraction of sp³-hybridized carbons (Fsp3) is 0.